The molecule has 0 aromatic rings. The van der Waals surface area contributed by atoms with Gasteiger partial charge in [-0.1, -0.05) is 0 Å². The molecule has 1 fully saturated rings. The van der Waals surface area contributed by atoms with Gasteiger partial charge < -0.3 is 5.11 Å². The first-order valence-electron chi connectivity index (χ1n) is 2.55. The highest BCUT2D eigenvalue weighted by Crippen LogP contribution is 1.97. The zero-order valence-corrected chi connectivity index (χ0v) is 4.79. The summed E-state index contributed by atoms with van der Waals surface area (Å²) >= 11 is 0. The van der Waals surface area contributed by atoms with Crippen LogP contribution in [0.15, 0.2) is 0 Å². The fraction of sp³-hybridized carbons (Fsp3) is 1.00. The second-order valence-corrected chi connectivity index (χ2v) is 1.77. The molecule has 0 spiro atoms. The third-order valence-electron chi connectivity index (χ3n) is 1.01. The van der Waals surface area contributed by atoms with Gasteiger partial charge in [0.25, 0.3) is 0 Å². The molecule has 0 amide bonds. The Balaban J connectivity index is 2.22. The van der Waals surface area contributed by atoms with Gasteiger partial charge in [0.1, 0.15) is 0 Å². The van der Waals surface area contributed by atoms with Crippen LogP contribution in [0.3, 0.4) is 0 Å². The highest BCUT2D eigenvalue weighted by Gasteiger charge is 2.17. The Morgan fingerprint density at radius 3 is 3.00 bits per heavy atom. The van der Waals surface area contributed by atoms with Gasteiger partial charge in [-0.3, -0.25) is 10.2 Å². The molecule has 48 valence electrons. The van der Waals surface area contributed by atoms with Gasteiger partial charge in [0.2, 0.25) is 0 Å². The molecule has 8 heavy (non-hydrogen) atoms. The van der Waals surface area contributed by atoms with Crippen LogP contribution in [0.2, 0.25) is 0 Å². The molecular formula is C4H10N2O2. The molecule has 1 atom stereocenters. The Kier molecular flexibility index (Phi) is 1.80. The van der Waals surface area contributed by atoms with E-state index in [0.29, 0.717) is 6.67 Å². The number of aliphatic hydroxyl groups is 1. The lowest BCUT2D eigenvalue weighted by molar-refractivity contribution is -0.138. The molecule has 1 saturated heterocycles. The lowest BCUT2D eigenvalue weighted by atomic mass is 10.6. The molecule has 1 heterocycles. The van der Waals surface area contributed by atoms with Gasteiger partial charge in [0, 0.05) is 7.05 Å². The second kappa shape index (κ2) is 2.41. The summed E-state index contributed by atoms with van der Waals surface area (Å²) in [6.07, 6.45) is -0.194. The minimum Gasteiger partial charge on any atom is -0.392 e. The zero-order valence-electron chi connectivity index (χ0n) is 4.79. The Labute approximate surface area is 48.0 Å². The first kappa shape index (κ1) is 5.97. The first-order chi connectivity index (χ1) is 3.83. The highest BCUT2D eigenvalue weighted by atomic mass is 16.7. The summed E-state index contributed by atoms with van der Waals surface area (Å²) < 4.78 is 0. The molecule has 4 nitrogen and oxygen atoms in total. The smallest absolute Gasteiger partial charge is 0.154 e. The largest absolute Gasteiger partial charge is 0.392 e. The summed E-state index contributed by atoms with van der Waals surface area (Å²) in [5, 5.41) is 13.0. The molecule has 0 aliphatic carbocycles. The van der Waals surface area contributed by atoms with Gasteiger partial charge in [-0.25, -0.2) is 0 Å². The second-order valence-electron chi connectivity index (χ2n) is 1.77. The third kappa shape index (κ3) is 1.16. The maximum Gasteiger partial charge on any atom is 0.154 e. The van der Waals surface area contributed by atoms with Crippen LogP contribution in [-0.2, 0) is 4.84 Å². The molecule has 1 rings (SSSR count). The lowest BCUT2D eigenvalue weighted by Crippen LogP contribution is -2.25. The number of rotatable bonds is 1. The van der Waals surface area contributed by atoms with Crippen LogP contribution >= 0.6 is 0 Å². The first-order valence-corrected chi connectivity index (χ1v) is 2.55. The van der Waals surface area contributed by atoms with E-state index in [0.717, 1.165) is 0 Å². The van der Waals surface area contributed by atoms with E-state index >= 15 is 0 Å². The van der Waals surface area contributed by atoms with Crippen molar-refractivity contribution in [3.63, 3.8) is 0 Å². The van der Waals surface area contributed by atoms with E-state index in [2.05, 4.69) is 5.32 Å². The van der Waals surface area contributed by atoms with E-state index in [-0.39, 0.29) is 12.8 Å². The van der Waals surface area contributed by atoms with E-state index < -0.39 is 0 Å². The van der Waals surface area contributed by atoms with Crippen molar-refractivity contribution in [1.29, 1.82) is 0 Å². The standard InChI is InChI=1S/C4H10N2O2/c1-6-3-5-4(2-7)8-6/h4-5,7H,2-3H2,1H3. The Hall–Kier alpha value is -0.160. The maximum absolute atomic E-state index is 8.47. The number of nitrogens with one attached hydrogen (secondary N) is 1. The van der Waals surface area contributed by atoms with Crippen molar-refractivity contribution in [1.82, 2.24) is 10.4 Å². The average Bonchev–Trinajstić information content (AvgIpc) is 2.14. The van der Waals surface area contributed by atoms with Gasteiger partial charge in [-0.2, -0.15) is 5.06 Å². The molecule has 0 aromatic carbocycles. The molecule has 0 aromatic heterocycles. The van der Waals surface area contributed by atoms with Crippen molar-refractivity contribution in [2.24, 2.45) is 0 Å². The number of nitrogens with zero attached hydrogens (tertiary/aromatic N) is 1. The summed E-state index contributed by atoms with van der Waals surface area (Å²) in [4.78, 5) is 4.98. The molecule has 4 heteroatoms. The third-order valence-corrected chi connectivity index (χ3v) is 1.01. The normalized spacial score (nSPS) is 31.5. The van der Waals surface area contributed by atoms with Crippen molar-refractivity contribution >= 4 is 0 Å². The molecule has 1 unspecified atom stereocenters. The topological polar surface area (TPSA) is 44.7 Å². The van der Waals surface area contributed by atoms with Gasteiger partial charge >= 0.3 is 0 Å². The highest BCUT2D eigenvalue weighted by molar-refractivity contribution is 4.55. The van der Waals surface area contributed by atoms with Crippen molar-refractivity contribution < 1.29 is 9.94 Å². The average molecular weight is 118 g/mol. The molecule has 0 saturated carbocycles. The molecule has 0 bridgehead atoms. The quantitative estimate of drug-likeness (QED) is 0.450. The van der Waals surface area contributed by atoms with E-state index in [1.54, 1.807) is 5.06 Å². The van der Waals surface area contributed by atoms with Crippen molar-refractivity contribution in [3.05, 3.63) is 0 Å². The van der Waals surface area contributed by atoms with E-state index in [1.807, 2.05) is 7.05 Å². The molecule has 2 N–H and O–H groups in total. The molecule has 0 radical (unpaired) electrons. The lowest BCUT2D eigenvalue weighted by Gasteiger charge is -2.05. The summed E-state index contributed by atoms with van der Waals surface area (Å²) in [7, 11) is 1.81. The van der Waals surface area contributed by atoms with E-state index in [4.69, 9.17) is 9.94 Å². The van der Waals surface area contributed by atoms with Gasteiger partial charge in [0.15, 0.2) is 6.23 Å². The Morgan fingerprint density at radius 2 is 2.75 bits per heavy atom. The van der Waals surface area contributed by atoms with Crippen molar-refractivity contribution in [2.75, 3.05) is 20.3 Å². The Morgan fingerprint density at radius 1 is 2.00 bits per heavy atom. The van der Waals surface area contributed by atoms with Gasteiger partial charge in [0.05, 0.1) is 13.3 Å². The number of aliphatic hydroxyl groups excluding tert-OH is 1. The van der Waals surface area contributed by atoms with E-state index in [1.165, 1.54) is 0 Å². The number of hydrogen-bond donors (Lipinski definition) is 2. The summed E-state index contributed by atoms with van der Waals surface area (Å²) in [6, 6.07) is 0. The predicted octanol–water partition coefficient (Wildman–Crippen LogP) is -1.27. The minimum atomic E-state index is -0.194. The SMILES string of the molecule is CN1CNC(CO)O1. The van der Waals surface area contributed by atoms with Crippen molar-refractivity contribution in [3.8, 4) is 0 Å². The Bertz CT molecular complexity index is 78.4. The van der Waals surface area contributed by atoms with Gasteiger partial charge in [-0.05, 0) is 0 Å². The minimum absolute atomic E-state index is 0.0321. The zero-order chi connectivity index (χ0) is 5.98. The summed E-state index contributed by atoms with van der Waals surface area (Å²) in [5.41, 5.74) is 0. The fourth-order valence-electron chi connectivity index (χ4n) is 0.620. The van der Waals surface area contributed by atoms with Crippen LogP contribution in [-0.4, -0.2) is 36.7 Å². The summed E-state index contributed by atoms with van der Waals surface area (Å²) in [5.74, 6) is 0. The monoisotopic (exact) mass is 118 g/mol. The van der Waals surface area contributed by atoms with Crippen LogP contribution in [0, 0.1) is 0 Å². The van der Waals surface area contributed by atoms with Crippen LogP contribution in [0.1, 0.15) is 0 Å². The number of hydrogen-bond acceptors (Lipinski definition) is 4. The van der Waals surface area contributed by atoms with Crippen LogP contribution in [0.25, 0.3) is 0 Å². The van der Waals surface area contributed by atoms with E-state index in [9.17, 15) is 0 Å². The molecule has 1 aliphatic heterocycles. The van der Waals surface area contributed by atoms with Crippen LogP contribution in [0.4, 0.5) is 0 Å². The predicted molar refractivity (Wildman–Crippen MR) is 27.7 cm³/mol. The molecular weight excluding hydrogens is 108 g/mol. The molecule has 1 aliphatic rings. The van der Waals surface area contributed by atoms with Crippen molar-refractivity contribution in [2.45, 2.75) is 6.23 Å². The number of hydroxylamine groups is 2. The van der Waals surface area contributed by atoms with Crippen LogP contribution < -0.4 is 5.32 Å². The van der Waals surface area contributed by atoms with Gasteiger partial charge in [-0.15, -0.1) is 0 Å². The summed E-state index contributed by atoms with van der Waals surface area (Å²) in [6.45, 7) is 0.718. The van der Waals surface area contributed by atoms with Crippen LogP contribution in [0.5, 0.6) is 0 Å². The fourth-order valence-corrected chi connectivity index (χ4v) is 0.620. The maximum atomic E-state index is 8.47.